The number of nitrogens with zero attached hydrogens (tertiary/aromatic N) is 2. The van der Waals surface area contributed by atoms with Crippen LogP contribution in [0, 0.1) is 11.8 Å². The topological polar surface area (TPSA) is 54.5 Å². The minimum Gasteiger partial charge on any atom is -0.501 e. The largest absolute Gasteiger partial charge is 0.501 e. The van der Waals surface area contributed by atoms with Crippen LogP contribution in [0.2, 0.25) is 0 Å². The standard InChI is InChI=1S/C17H25N3O2S/c1-12-6-13(2)8-20(7-12)9-15-11-23-17(18-15)19-16(21)14-4-3-5-22-10-14/h10-13H,3-9H2,1-2H3,(H,18,19,21)/t12-,13-/m1/s1. The number of amides is 1. The van der Waals surface area contributed by atoms with Crippen molar-refractivity contribution in [3.05, 3.63) is 22.9 Å². The molecule has 23 heavy (non-hydrogen) atoms. The Morgan fingerprint density at radius 2 is 2.22 bits per heavy atom. The molecule has 126 valence electrons. The van der Waals surface area contributed by atoms with Crippen LogP contribution in [0.25, 0.3) is 0 Å². The van der Waals surface area contributed by atoms with E-state index >= 15 is 0 Å². The maximum atomic E-state index is 12.1. The van der Waals surface area contributed by atoms with E-state index in [1.807, 2.05) is 5.38 Å². The van der Waals surface area contributed by atoms with Crippen LogP contribution in [0.15, 0.2) is 17.2 Å². The van der Waals surface area contributed by atoms with Crippen molar-refractivity contribution >= 4 is 22.4 Å². The zero-order chi connectivity index (χ0) is 16.2. The molecule has 0 bridgehead atoms. The van der Waals surface area contributed by atoms with Gasteiger partial charge in [-0.25, -0.2) is 4.98 Å². The Labute approximate surface area is 141 Å². The summed E-state index contributed by atoms with van der Waals surface area (Å²) in [5.74, 6) is 1.40. The second kappa shape index (κ2) is 7.45. The van der Waals surface area contributed by atoms with Gasteiger partial charge >= 0.3 is 0 Å². The van der Waals surface area contributed by atoms with Crippen LogP contribution in [0.3, 0.4) is 0 Å². The molecule has 2 atom stereocenters. The molecule has 2 aliphatic rings. The third kappa shape index (κ3) is 4.54. The lowest BCUT2D eigenvalue weighted by atomic mass is 9.92. The van der Waals surface area contributed by atoms with E-state index in [1.54, 1.807) is 6.26 Å². The van der Waals surface area contributed by atoms with E-state index in [-0.39, 0.29) is 5.91 Å². The summed E-state index contributed by atoms with van der Waals surface area (Å²) < 4.78 is 5.22. The maximum Gasteiger partial charge on any atom is 0.256 e. The first-order valence-corrected chi connectivity index (χ1v) is 9.27. The van der Waals surface area contributed by atoms with Crippen molar-refractivity contribution in [1.82, 2.24) is 9.88 Å². The van der Waals surface area contributed by atoms with E-state index in [9.17, 15) is 4.79 Å². The van der Waals surface area contributed by atoms with E-state index in [0.29, 0.717) is 17.3 Å². The molecule has 5 nitrogen and oxygen atoms in total. The Bertz CT molecular complexity index is 574. The van der Waals surface area contributed by atoms with Crippen LogP contribution in [0.1, 0.15) is 38.8 Å². The highest BCUT2D eigenvalue weighted by molar-refractivity contribution is 7.13. The number of nitrogens with one attached hydrogen (secondary N) is 1. The summed E-state index contributed by atoms with van der Waals surface area (Å²) >= 11 is 1.49. The molecule has 0 saturated carbocycles. The molecule has 6 heteroatoms. The predicted molar refractivity (Wildman–Crippen MR) is 92.2 cm³/mol. The Morgan fingerprint density at radius 3 is 2.91 bits per heavy atom. The Balaban J connectivity index is 1.55. The fraction of sp³-hybridized carbons (Fsp3) is 0.647. The van der Waals surface area contributed by atoms with Gasteiger partial charge in [0.2, 0.25) is 0 Å². The normalized spacial score (nSPS) is 25.6. The zero-order valence-corrected chi connectivity index (χ0v) is 14.7. The van der Waals surface area contributed by atoms with E-state index < -0.39 is 0 Å². The fourth-order valence-corrected chi connectivity index (χ4v) is 4.19. The number of hydrogen-bond acceptors (Lipinski definition) is 5. The van der Waals surface area contributed by atoms with Crippen LogP contribution in [0.4, 0.5) is 5.13 Å². The number of anilines is 1. The van der Waals surface area contributed by atoms with Crippen LogP contribution in [0.5, 0.6) is 0 Å². The van der Waals surface area contributed by atoms with Gasteiger partial charge in [0.1, 0.15) is 0 Å². The number of thiazole rings is 1. The van der Waals surface area contributed by atoms with E-state index in [4.69, 9.17) is 4.74 Å². The number of piperidine rings is 1. The van der Waals surface area contributed by atoms with Gasteiger partial charge in [-0.15, -0.1) is 11.3 Å². The monoisotopic (exact) mass is 335 g/mol. The molecule has 1 aromatic heterocycles. The number of carbonyl (C=O) groups excluding carboxylic acids is 1. The third-order valence-corrected chi connectivity index (χ3v) is 5.13. The first-order chi connectivity index (χ1) is 11.1. The number of carbonyl (C=O) groups is 1. The quantitative estimate of drug-likeness (QED) is 0.918. The minimum atomic E-state index is -0.0918. The predicted octanol–water partition coefficient (Wildman–Crippen LogP) is 3.25. The molecular weight excluding hydrogens is 310 g/mol. The van der Waals surface area contributed by atoms with Gasteiger partial charge in [-0.2, -0.15) is 0 Å². The van der Waals surface area contributed by atoms with Gasteiger partial charge in [0.05, 0.1) is 24.1 Å². The average molecular weight is 335 g/mol. The fourth-order valence-electron chi connectivity index (χ4n) is 3.50. The average Bonchev–Trinajstić information content (AvgIpc) is 2.94. The van der Waals surface area contributed by atoms with Gasteiger partial charge in [0.15, 0.2) is 5.13 Å². The van der Waals surface area contributed by atoms with Crippen LogP contribution >= 0.6 is 11.3 Å². The van der Waals surface area contributed by atoms with Crippen molar-refractivity contribution in [3.63, 3.8) is 0 Å². The molecule has 1 saturated heterocycles. The molecule has 0 unspecified atom stereocenters. The number of hydrogen-bond donors (Lipinski definition) is 1. The van der Waals surface area contributed by atoms with E-state index in [1.165, 1.54) is 17.8 Å². The van der Waals surface area contributed by atoms with Crippen molar-refractivity contribution in [2.45, 2.75) is 39.7 Å². The maximum absolute atomic E-state index is 12.1. The Kier molecular flexibility index (Phi) is 5.33. The molecule has 3 heterocycles. The smallest absolute Gasteiger partial charge is 0.256 e. The lowest BCUT2D eigenvalue weighted by molar-refractivity contribution is -0.113. The SMILES string of the molecule is C[C@@H]1C[C@@H](C)CN(Cc2csc(NC(=O)C3=COCCC3)n2)C1. The highest BCUT2D eigenvalue weighted by atomic mass is 32.1. The molecule has 3 rings (SSSR count). The third-order valence-electron chi connectivity index (χ3n) is 4.33. The summed E-state index contributed by atoms with van der Waals surface area (Å²) in [7, 11) is 0. The van der Waals surface area contributed by atoms with E-state index in [0.717, 1.165) is 50.0 Å². The molecule has 0 radical (unpaired) electrons. The molecule has 1 amide bonds. The summed E-state index contributed by atoms with van der Waals surface area (Å²) in [5, 5.41) is 5.61. The van der Waals surface area contributed by atoms with Crippen molar-refractivity contribution in [2.24, 2.45) is 11.8 Å². The van der Waals surface area contributed by atoms with Crippen molar-refractivity contribution in [3.8, 4) is 0 Å². The molecule has 0 aromatic carbocycles. The lowest BCUT2D eigenvalue weighted by Crippen LogP contribution is -2.38. The lowest BCUT2D eigenvalue weighted by Gasteiger charge is -2.34. The molecule has 0 spiro atoms. The number of aromatic nitrogens is 1. The van der Waals surface area contributed by atoms with Crippen molar-refractivity contribution < 1.29 is 9.53 Å². The number of likely N-dealkylation sites (tertiary alicyclic amines) is 1. The highest BCUT2D eigenvalue weighted by Crippen LogP contribution is 2.24. The summed E-state index contributed by atoms with van der Waals surface area (Å²) in [5.41, 5.74) is 1.74. The molecule has 2 aliphatic heterocycles. The van der Waals surface area contributed by atoms with Crippen molar-refractivity contribution in [2.75, 3.05) is 25.0 Å². The summed E-state index contributed by atoms with van der Waals surface area (Å²) in [6.45, 7) is 8.46. The molecule has 1 aromatic rings. The zero-order valence-electron chi connectivity index (χ0n) is 13.9. The van der Waals surface area contributed by atoms with Gasteiger partial charge < -0.3 is 4.74 Å². The summed E-state index contributed by atoms with van der Waals surface area (Å²) in [6.07, 6.45) is 4.55. The second-order valence-electron chi connectivity index (χ2n) is 6.86. The first-order valence-electron chi connectivity index (χ1n) is 8.39. The first kappa shape index (κ1) is 16.5. The van der Waals surface area contributed by atoms with Gasteiger partial charge in [-0.05, 0) is 31.1 Å². The molecule has 0 aliphatic carbocycles. The highest BCUT2D eigenvalue weighted by Gasteiger charge is 2.22. The van der Waals surface area contributed by atoms with Crippen LogP contribution in [-0.2, 0) is 16.1 Å². The van der Waals surface area contributed by atoms with Crippen LogP contribution in [-0.4, -0.2) is 35.5 Å². The minimum absolute atomic E-state index is 0.0918. The van der Waals surface area contributed by atoms with Gasteiger partial charge in [0.25, 0.3) is 5.91 Å². The van der Waals surface area contributed by atoms with Gasteiger partial charge in [-0.3, -0.25) is 15.0 Å². The van der Waals surface area contributed by atoms with Crippen molar-refractivity contribution in [1.29, 1.82) is 0 Å². The van der Waals surface area contributed by atoms with Crippen LogP contribution < -0.4 is 5.32 Å². The van der Waals surface area contributed by atoms with Gasteiger partial charge in [0, 0.05) is 25.0 Å². The van der Waals surface area contributed by atoms with E-state index in [2.05, 4.69) is 29.0 Å². The molecule has 1 fully saturated rings. The molecular formula is C17H25N3O2S. The summed E-state index contributed by atoms with van der Waals surface area (Å²) in [6, 6.07) is 0. The number of rotatable bonds is 4. The van der Waals surface area contributed by atoms with Gasteiger partial charge in [-0.1, -0.05) is 13.8 Å². The number of ether oxygens (including phenoxy) is 1. The Hall–Kier alpha value is -1.40. The molecule has 1 N–H and O–H groups in total. The summed E-state index contributed by atoms with van der Waals surface area (Å²) in [4.78, 5) is 19.2. The second-order valence-corrected chi connectivity index (χ2v) is 7.71. The Morgan fingerprint density at radius 1 is 1.43 bits per heavy atom.